The Morgan fingerprint density at radius 3 is 2.47 bits per heavy atom. The van der Waals surface area contributed by atoms with Crippen LogP contribution < -0.4 is 15.7 Å². The summed E-state index contributed by atoms with van der Waals surface area (Å²) in [5.41, 5.74) is 2.47. The van der Waals surface area contributed by atoms with Crippen molar-refractivity contribution in [3.63, 3.8) is 0 Å². The van der Waals surface area contributed by atoms with Crippen molar-refractivity contribution in [1.82, 2.24) is 5.16 Å². The van der Waals surface area contributed by atoms with Crippen molar-refractivity contribution in [3.05, 3.63) is 87.1 Å². The summed E-state index contributed by atoms with van der Waals surface area (Å²) in [6, 6.07) is 12.6. The molecule has 4 rings (SSSR count). The highest BCUT2D eigenvalue weighted by atomic mass is 16.5. The molecule has 2 aromatic heterocycles. The molecule has 0 saturated heterocycles. The SMILES string of the molecule is CCOC(=O)Nc1ccc2c(COC(=O)c3ccc(OCc4c(C)noc4C)cc3)cc(=O)oc2c1. The average Bonchev–Trinajstić information content (AvgIpc) is 3.18. The van der Waals surface area contributed by atoms with Crippen molar-refractivity contribution in [1.29, 1.82) is 0 Å². The number of nitrogens with one attached hydrogen (secondary N) is 1. The number of anilines is 1. The molecule has 2 heterocycles. The Kier molecular flexibility index (Phi) is 7.33. The van der Waals surface area contributed by atoms with Crippen molar-refractivity contribution in [3.8, 4) is 5.75 Å². The van der Waals surface area contributed by atoms with Gasteiger partial charge in [0.1, 0.15) is 30.3 Å². The van der Waals surface area contributed by atoms with Crippen LogP contribution in [0, 0.1) is 13.8 Å². The van der Waals surface area contributed by atoms with E-state index < -0.39 is 17.7 Å². The average molecular weight is 492 g/mol. The molecule has 0 saturated carbocycles. The van der Waals surface area contributed by atoms with Crippen LogP contribution in [0.15, 0.2) is 62.3 Å². The van der Waals surface area contributed by atoms with Crippen LogP contribution in [-0.2, 0) is 22.7 Å². The fraction of sp³-hybridized carbons (Fsp3) is 0.231. The molecule has 10 heteroatoms. The fourth-order valence-electron chi connectivity index (χ4n) is 3.49. The molecule has 4 aromatic rings. The van der Waals surface area contributed by atoms with Crippen LogP contribution in [0.5, 0.6) is 5.75 Å². The molecule has 0 atom stereocenters. The van der Waals surface area contributed by atoms with Gasteiger partial charge in [-0.2, -0.15) is 0 Å². The van der Waals surface area contributed by atoms with Gasteiger partial charge < -0.3 is 23.2 Å². The zero-order valence-electron chi connectivity index (χ0n) is 20.0. The Morgan fingerprint density at radius 2 is 1.78 bits per heavy atom. The molecular formula is C26H24N2O8. The molecule has 0 aliphatic heterocycles. The number of benzene rings is 2. The molecule has 0 aliphatic carbocycles. The summed E-state index contributed by atoms with van der Waals surface area (Å²) in [5.74, 6) is 0.710. The monoisotopic (exact) mass is 492 g/mol. The van der Waals surface area contributed by atoms with E-state index in [1.807, 2.05) is 13.8 Å². The molecule has 0 spiro atoms. The molecule has 1 amide bonds. The first-order chi connectivity index (χ1) is 17.3. The maximum absolute atomic E-state index is 12.6. The minimum Gasteiger partial charge on any atom is -0.489 e. The summed E-state index contributed by atoms with van der Waals surface area (Å²) in [6.45, 7) is 5.73. The van der Waals surface area contributed by atoms with Gasteiger partial charge in [0.2, 0.25) is 0 Å². The molecular weight excluding hydrogens is 468 g/mol. The Hall–Kier alpha value is -4.60. The van der Waals surface area contributed by atoms with E-state index in [-0.39, 0.29) is 18.8 Å². The van der Waals surface area contributed by atoms with Crippen LogP contribution in [0.4, 0.5) is 10.5 Å². The number of ether oxygens (including phenoxy) is 3. The molecule has 10 nitrogen and oxygen atoms in total. The first-order valence-corrected chi connectivity index (χ1v) is 11.2. The second-order valence-corrected chi connectivity index (χ2v) is 7.84. The quantitative estimate of drug-likeness (QED) is 0.269. The van der Waals surface area contributed by atoms with E-state index in [9.17, 15) is 14.4 Å². The summed E-state index contributed by atoms with van der Waals surface area (Å²) in [4.78, 5) is 36.2. The van der Waals surface area contributed by atoms with Crippen LogP contribution in [0.3, 0.4) is 0 Å². The predicted octanol–water partition coefficient (Wildman–Crippen LogP) is 4.90. The standard InChI is InChI=1S/C26H24N2O8/c1-4-32-26(31)27-19-7-10-21-18(11-24(29)35-23(21)12-19)13-34-25(30)17-5-8-20(9-6-17)33-14-22-15(2)28-36-16(22)3/h5-12H,4,13-14H2,1-3H3,(H,27,31). The minimum atomic E-state index is -0.621. The number of esters is 1. The van der Waals surface area contributed by atoms with Crippen molar-refractivity contribution >= 4 is 28.7 Å². The van der Waals surface area contributed by atoms with Gasteiger partial charge in [-0.05, 0) is 57.2 Å². The van der Waals surface area contributed by atoms with Crippen LogP contribution in [0.2, 0.25) is 0 Å². The molecule has 0 aliphatic rings. The number of aryl methyl sites for hydroxylation is 2. The van der Waals surface area contributed by atoms with E-state index in [4.69, 9.17) is 23.2 Å². The van der Waals surface area contributed by atoms with Gasteiger partial charge in [0, 0.05) is 28.8 Å². The molecule has 0 fully saturated rings. The maximum atomic E-state index is 12.6. The molecule has 36 heavy (non-hydrogen) atoms. The normalized spacial score (nSPS) is 10.8. The second kappa shape index (κ2) is 10.8. The highest BCUT2D eigenvalue weighted by Crippen LogP contribution is 2.23. The number of carbonyl (C=O) groups is 2. The van der Waals surface area contributed by atoms with Crippen molar-refractivity contribution in [2.75, 3.05) is 11.9 Å². The van der Waals surface area contributed by atoms with E-state index in [0.29, 0.717) is 40.3 Å². The van der Waals surface area contributed by atoms with Gasteiger partial charge in [0.05, 0.1) is 23.4 Å². The highest BCUT2D eigenvalue weighted by molar-refractivity contribution is 5.91. The Labute approximate surface area is 205 Å². The summed E-state index contributed by atoms with van der Waals surface area (Å²) in [5, 5.41) is 7.01. The number of rotatable bonds is 8. The molecule has 186 valence electrons. The minimum absolute atomic E-state index is 0.143. The lowest BCUT2D eigenvalue weighted by Gasteiger charge is -2.10. The number of nitrogens with zero attached hydrogens (tertiary/aromatic N) is 1. The third kappa shape index (κ3) is 5.72. The molecule has 1 N–H and O–H groups in total. The largest absolute Gasteiger partial charge is 0.489 e. The molecule has 0 radical (unpaired) electrons. The summed E-state index contributed by atoms with van der Waals surface area (Å²) in [7, 11) is 0. The van der Waals surface area contributed by atoms with Crippen molar-refractivity contribution in [2.24, 2.45) is 0 Å². The first kappa shape index (κ1) is 24.5. The van der Waals surface area contributed by atoms with Gasteiger partial charge in [-0.25, -0.2) is 14.4 Å². The van der Waals surface area contributed by atoms with E-state index in [1.165, 1.54) is 12.1 Å². The number of hydrogen-bond donors (Lipinski definition) is 1. The van der Waals surface area contributed by atoms with E-state index in [2.05, 4.69) is 10.5 Å². The lowest BCUT2D eigenvalue weighted by molar-refractivity contribution is 0.0473. The van der Waals surface area contributed by atoms with Gasteiger partial charge in [-0.15, -0.1) is 0 Å². The van der Waals surface area contributed by atoms with Gasteiger partial charge in [-0.1, -0.05) is 5.16 Å². The van der Waals surface area contributed by atoms with Gasteiger partial charge in [0.25, 0.3) is 0 Å². The van der Waals surface area contributed by atoms with E-state index >= 15 is 0 Å². The van der Waals surface area contributed by atoms with Crippen LogP contribution in [-0.4, -0.2) is 23.8 Å². The third-order valence-corrected chi connectivity index (χ3v) is 5.37. The molecule has 0 unspecified atom stereocenters. The van der Waals surface area contributed by atoms with Gasteiger partial charge >= 0.3 is 17.7 Å². The van der Waals surface area contributed by atoms with Crippen LogP contribution >= 0.6 is 0 Å². The predicted molar refractivity (Wildman–Crippen MR) is 129 cm³/mol. The number of amides is 1. The fourth-order valence-corrected chi connectivity index (χ4v) is 3.49. The van der Waals surface area contributed by atoms with Crippen molar-refractivity contribution < 1.29 is 32.7 Å². The first-order valence-electron chi connectivity index (χ1n) is 11.2. The van der Waals surface area contributed by atoms with Gasteiger partial charge in [-0.3, -0.25) is 5.32 Å². The topological polar surface area (TPSA) is 130 Å². The molecule has 0 bridgehead atoms. The zero-order chi connectivity index (χ0) is 25.7. The highest BCUT2D eigenvalue weighted by Gasteiger charge is 2.13. The Bertz CT molecular complexity index is 1430. The number of aromatic nitrogens is 1. The lowest BCUT2D eigenvalue weighted by Crippen LogP contribution is -2.13. The number of carbonyl (C=O) groups excluding carboxylic acids is 2. The van der Waals surface area contributed by atoms with Crippen LogP contribution in [0.25, 0.3) is 11.0 Å². The summed E-state index contributed by atoms with van der Waals surface area (Å²) < 4.78 is 26.4. The number of hydrogen-bond acceptors (Lipinski definition) is 9. The number of fused-ring (bicyclic) bond motifs is 1. The smallest absolute Gasteiger partial charge is 0.411 e. The Balaban J connectivity index is 1.41. The van der Waals surface area contributed by atoms with Crippen molar-refractivity contribution in [2.45, 2.75) is 34.0 Å². The second-order valence-electron chi connectivity index (χ2n) is 7.84. The third-order valence-electron chi connectivity index (χ3n) is 5.37. The Morgan fingerprint density at radius 1 is 1.00 bits per heavy atom. The van der Waals surface area contributed by atoms with E-state index in [1.54, 1.807) is 43.3 Å². The lowest BCUT2D eigenvalue weighted by atomic mass is 10.1. The van der Waals surface area contributed by atoms with E-state index in [0.717, 1.165) is 11.3 Å². The van der Waals surface area contributed by atoms with Crippen LogP contribution in [0.1, 0.15) is 39.9 Å². The summed E-state index contributed by atoms with van der Waals surface area (Å²) >= 11 is 0. The maximum Gasteiger partial charge on any atom is 0.411 e. The molecule has 2 aromatic carbocycles. The summed E-state index contributed by atoms with van der Waals surface area (Å²) in [6.07, 6.45) is -0.621. The van der Waals surface area contributed by atoms with Gasteiger partial charge in [0.15, 0.2) is 0 Å². The zero-order valence-corrected chi connectivity index (χ0v) is 20.0.